The molecule has 1 atom stereocenters. The van der Waals surface area contributed by atoms with Crippen molar-refractivity contribution in [3.8, 4) is 5.88 Å². The average molecular weight is 415 g/mol. The number of hydrogen-bond donors (Lipinski definition) is 1. The van der Waals surface area contributed by atoms with Crippen molar-refractivity contribution in [2.45, 2.75) is 26.4 Å². The molecule has 1 aliphatic heterocycles. The van der Waals surface area contributed by atoms with Crippen molar-refractivity contribution < 1.29 is 14.3 Å². The highest BCUT2D eigenvalue weighted by Gasteiger charge is 2.28. The molecule has 1 fully saturated rings. The van der Waals surface area contributed by atoms with Gasteiger partial charge in [-0.05, 0) is 44.8 Å². The molecule has 2 aromatic rings. The number of likely N-dealkylation sites (tertiary alicyclic amines) is 1. The lowest BCUT2D eigenvalue weighted by Gasteiger charge is -2.32. The van der Waals surface area contributed by atoms with Crippen LogP contribution in [0.4, 0.5) is 0 Å². The largest absolute Gasteiger partial charge is 0.480 e. The van der Waals surface area contributed by atoms with Gasteiger partial charge in [-0.2, -0.15) is 4.98 Å². The van der Waals surface area contributed by atoms with Crippen molar-refractivity contribution in [1.29, 1.82) is 0 Å². The van der Waals surface area contributed by atoms with Crippen LogP contribution in [0.1, 0.15) is 33.9 Å². The molecule has 1 unspecified atom stereocenters. The number of hydrogen-bond acceptors (Lipinski definition) is 7. The molecule has 0 radical (unpaired) electrons. The van der Waals surface area contributed by atoms with E-state index in [1.807, 2.05) is 18.9 Å². The normalized spacial score (nSPS) is 17.0. The summed E-state index contributed by atoms with van der Waals surface area (Å²) in [4.78, 5) is 25.6. The van der Waals surface area contributed by atoms with Crippen LogP contribution in [0, 0.1) is 12.8 Å². The Morgan fingerprint density at radius 3 is 2.81 bits per heavy atom. The van der Waals surface area contributed by atoms with Crippen LogP contribution >= 0.6 is 23.7 Å². The first-order valence-electron chi connectivity index (χ1n) is 8.85. The molecule has 3 heterocycles. The molecule has 2 aromatic heterocycles. The van der Waals surface area contributed by atoms with Gasteiger partial charge in [-0.15, -0.1) is 23.7 Å². The monoisotopic (exact) mass is 414 g/mol. The van der Waals surface area contributed by atoms with Gasteiger partial charge in [-0.3, -0.25) is 4.79 Å². The summed E-state index contributed by atoms with van der Waals surface area (Å²) in [5.41, 5.74) is 0.895. The van der Waals surface area contributed by atoms with E-state index < -0.39 is 0 Å². The van der Waals surface area contributed by atoms with Crippen molar-refractivity contribution in [2.24, 2.45) is 5.92 Å². The van der Waals surface area contributed by atoms with E-state index in [2.05, 4.69) is 15.3 Å². The van der Waals surface area contributed by atoms with Crippen LogP contribution in [0.15, 0.2) is 0 Å². The van der Waals surface area contributed by atoms with Crippen LogP contribution in [0.2, 0.25) is 0 Å². The number of rotatable bonds is 6. The van der Waals surface area contributed by atoms with E-state index in [0.717, 1.165) is 53.1 Å². The van der Waals surface area contributed by atoms with Crippen LogP contribution < -0.4 is 10.1 Å². The zero-order valence-electron chi connectivity index (χ0n) is 16.2. The number of fused-ring (bicyclic) bond motifs is 1. The molecular formula is C18H27ClN4O3S. The maximum Gasteiger partial charge on any atom is 0.264 e. The van der Waals surface area contributed by atoms with Crippen LogP contribution in [-0.2, 0) is 11.3 Å². The number of nitrogens with zero attached hydrogens (tertiary/aromatic N) is 3. The summed E-state index contributed by atoms with van der Waals surface area (Å²) >= 11 is 1.42. The Labute approximate surface area is 169 Å². The van der Waals surface area contributed by atoms with Gasteiger partial charge in [0, 0.05) is 20.2 Å². The zero-order valence-corrected chi connectivity index (χ0v) is 17.8. The van der Waals surface area contributed by atoms with Gasteiger partial charge in [0.05, 0.1) is 17.4 Å². The maximum absolute atomic E-state index is 13.2. The molecule has 7 nitrogen and oxygen atoms in total. The molecule has 0 saturated carbocycles. The summed E-state index contributed by atoms with van der Waals surface area (Å²) in [6.45, 7) is 4.80. The van der Waals surface area contributed by atoms with E-state index in [1.54, 1.807) is 14.2 Å². The van der Waals surface area contributed by atoms with Gasteiger partial charge in [0.15, 0.2) is 5.82 Å². The maximum atomic E-state index is 13.2. The quantitative estimate of drug-likeness (QED) is 0.783. The SMILES string of the molecule is CNCC1CCCN(C(=O)c2sc3nc(COC)nc(OC)c3c2C)C1.Cl. The molecule has 9 heteroatoms. The average Bonchev–Trinajstić information content (AvgIpc) is 2.98. The van der Waals surface area contributed by atoms with Gasteiger partial charge in [-0.1, -0.05) is 0 Å². The number of carbonyl (C=O) groups is 1. The number of aromatic nitrogens is 2. The van der Waals surface area contributed by atoms with Crippen LogP contribution in [0.25, 0.3) is 10.2 Å². The van der Waals surface area contributed by atoms with Gasteiger partial charge in [-0.25, -0.2) is 4.98 Å². The number of ether oxygens (including phenoxy) is 2. The van der Waals surface area contributed by atoms with E-state index in [-0.39, 0.29) is 18.3 Å². The number of thiophene rings is 1. The second kappa shape index (κ2) is 9.64. The lowest BCUT2D eigenvalue weighted by atomic mass is 9.97. The topological polar surface area (TPSA) is 76.6 Å². The Morgan fingerprint density at radius 1 is 1.37 bits per heavy atom. The predicted molar refractivity (Wildman–Crippen MR) is 109 cm³/mol. The number of aryl methyl sites for hydroxylation is 1. The summed E-state index contributed by atoms with van der Waals surface area (Å²) in [6.07, 6.45) is 2.21. The number of halogens is 1. The third kappa shape index (κ3) is 4.51. The molecule has 1 amide bonds. The van der Waals surface area contributed by atoms with E-state index >= 15 is 0 Å². The third-order valence-electron chi connectivity index (χ3n) is 4.76. The number of methoxy groups -OCH3 is 2. The Bertz CT molecular complexity index is 796. The van der Waals surface area contributed by atoms with Crippen molar-refractivity contribution in [3.05, 3.63) is 16.3 Å². The van der Waals surface area contributed by atoms with Crippen molar-refractivity contribution >= 4 is 39.9 Å². The Morgan fingerprint density at radius 2 is 2.15 bits per heavy atom. The molecule has 1 N–H and O–H groups in total. The summed E-state index contributed by atoms with van der Waals surface area (Å²) in [5, 5.41) is 4.04. The highest BCUT2D eigenvalue weighted by Crippen LogP contribution is 2.36. The number of nitrogens with one attached hydrogen (secondary N) is 1. The fourth-order valence-electron chi connectivity index (χ4n) is 3.54. The molecule has 0 aromatic carbocycles. The van der Waals surface area contributed by atoms with Gasteiger partial charge in [0.2, 0.25) is 5.88 Å². The number of amides is 1. The Kier molecular flexibility index (Phi) is 7.79. The minimum absolute atomic E-state index is 0. The zero-order chi connectivity index (χ0) is 18.7. The molecule has 3 rings (SSSR count). The lowest BCUT2D eigenvalue weighted by Crippen LogP contribution is -2.42. The highest BCUT2D eigenvalue weighted by molar-refractivity contribution is 7.20. The lowest BCUT2D eigenvalue weighted by molar-refractivity contribution is 0.0678. The van der Waals surface area contributed by atoms with Gasteiger partial charge >= 0.3 is 0 Å². The summed E-state index contributed by atoms with van der Waals surface area (Å²) in [5.74, 6) is 1.65. The molecule has 1 aliphatic rings. The molecule has 1 saturated heterocycles. The first-order valence-corrected chi connectivity index (χ1v) is 9.67. The predicted octanol–water partition coefficient (Wildman–Crippen LogP) is 2.65. The van der Waals surface area contributed by atoms with E-state index in [0.29, 0.717) is 24.2 Å². The van der Waals surface area contributed by atoms with E-state index in [4.69, 9.17) is 9.47 Å². The van der Waals surface area contributed by atoms with E-state index in [9.17, 15) is 4.79 Å². The van der Waals surface area contributed by atoms with Crippen LogP contribution in [-0.4, -0.2) is 61.7 Å². The number of carbonyl (C=O) groups excluding carboxylic acids is 1. The fraction of sp³-hybridized carbons (Fsp3) is 0.611. The van der Waals surface area contributed by atoms with Crippen molar-refractivity contribution in [1.82, 2.24) is 20.2 Å². The summed E-state index contributed by atoms with van der Waals surface area (Å²) in [6, 6.07) is 0. The first kappa shape index (κ1) is 21.8. The molecule has 150 valence electrons. The van der Waals surface area contributed by atoms with Crippen LogP contribution in [0.3, 0.4) is 0 Å². The Hall–Kier alpha value is -1.48. The van der Waals surface area contributed by atoms with Gasteiger partial charge in [0.1, 0.15) is 11.4 Å². The summed E-state index contributed by atoms with van der Waals surface area (Å²) in [7, 11) is 5.15. The third-order valence-corrected chi connectivity index (χ3v) is 5.94. The van der Waals surface area contributed by atoms with E-state index in [1.165, 1.54) is 11.3 Å². The molecule has 0 bridgehead atoms. The van der Waals surface area contributed by atoms with Gasteiger partial charge < -0.3 is 19.7 Å². The second-order valence-electron chi connectivity index (χ2n) is 6.64. The Balaban J connectivity index is 0.00000261. The first-order chi connectivity index (χ1) is 12.6. The smallest absolute Gasteiger partial charge is 0.264 e. The minimum Gasteiger partial charge on any atom is -0.480 e. The standard InChI is InChI=1S/C18H26N4O3S.ClH/c1-11-14-16(25-4)20-13(10-24-3)21-17(14)26-15(11)18(23)22-7-5-6-12(9-22)8-19-2;/h12,19H,5-10H2,1-4H3;1H. The molecule has 0 spiro atoms. The van der Waals surface area contributed by atoms with Crippen molar-refractivity contribution in [3.63, 3.8) is 0 Å². The second-order valence-corrected chi connectivity index (χ2v) is 7.63. The molecular weight excluding hydrogens is 388 g/mol. The van der Waals surface area contributed by atoms with Gasteiger partial charge in [0.25, 0.3) is 5.91 Å². The fourth-order valence-corrected chi connectivity index (χ4v) is 4.70. The minimum atomic E-state index is 0. The molecule has 0 aliphatic carbocycles. The van der Waals surface area contributed by atoms with Crippen molar-refractivity contribution in [2.75, 3.05) is 40.9 Å². The number of piperidine rings is 1. The highest BCUT2D eigenvalue weighted by atomic mass is 35.5. The van der Waals surface area contributed by atoms with Crippen LogP contribution in [0.5, 0.6) is 5.88 Å². The molecule has 27 heavy (non-hydrogen) atoms. The summed E-state index contributed by atoms with van der Waals surface area (Å²) < 4.78 is 10.6.